The van der Waals surface area contributed by atoms with Crippen LogP contribution in [-0.4, -0.2) is 31.1 Å². The average Bonchev–Trinajstić information content (AvgIpc) is 2.70. The van der Waals surface area contributed by atoms with Gasteiger partial charge in [-0.2, -0.15) is 0 Å². The van der Waals surface area contributed by atoms with E-state index in [0.29, 0.717) is 11.1 Å². The number of methoxy groups -OCH3 is 2. The van der Waals surface area contributed by atoms with Crippen molar-refractivity contribution in [3.8, 4) is 5.75 Å². The van der Waals surface area contributed by atoms with Crippen molar-refractivity contribution >= 4 is 46.9 Å². The molecule has 0 aromatic heterocycles. The highest BCUT2D eigenvalue weighted by Crippen LogP contribution is 2.35. The van der Waals surface area contributed by atoms with E-state index in [1.54, 1.807) is 12.1 Å². The number of hydrogen-bond donors (Lipinski definition) is 0. The molecule has 152 valence electrons. The molecule has 0 unspecified atom stereocenters. The van der Waals surface area contributed by atoms with Crippen LogP contribution in [0.5, 0.6) is 5.75 Å². The van der Waals surface area contributed by atoms with Crippen LogP contribution in [0.3, 0.4) is 0 Å². The molecule has 10 heteroatoms. The number of carbonyl (C=O) groups excluding carboxylic acids is 2. The van der Waals surface area contributed by atoms with E-state index in [1.165, 1.54) is 30.3 Å². The number of ether oxygens (including phenoxy) is 3. The summed E-state index contributed by atoms with van der Waals surface area (Å²) in [6, 6.07) is 8.72. The van der Waals surface area contributed by atoms with Crippen LogP contribution in [-0.2, 0) is 25.7 Å². The maximum absolute atomic E-state index is 11.8. The number of nitro benzene ring substituents is 1. The number of benzene rings is 2. The molecular formula is C19H15Cl2NO7. The molecule has 0 heterocycles. The van der Waals surface area contributed by atoms with E-state index < -0.39 is 16.9 Å². The number of non-ortho nitro benzene ring substituents is 1. The van der Waals surface area contributed by atoms with E-state index in [4.69, 9.17) is 27.9 Å². The zero-order valence-corrected chi connectivity index (χ0v) is 16.8. The molecule has 0 atom stereocenters. The van der Waals surface area contributed by atoms with E-state index >= 15 is 0 Å². The quantitative estimate of drug-likeness (QED) is 0.159. The van der Waals surface area contributed by atoms with Crippen LogP contribution < -0.4 is 4.74 Å². The topological polar surface area (TPSA) is 105 Å². The van der Waals surface area contributed by atoms with Crippen LogP contribution in [0.25, 0.3) is 6.08 Å². The molecule has 0 saturated carbocycles. The molecule has 0 aliphatic carbocycles. The van der Waals surface area contributed by atoms with Crippen molar-refractivity contribution in [3.05, 3.63) is 73.3 Å². The average molecular weight is 440 g/mol. The van der Waals surface area contributed by atoms with Crippen LogP contribution in [0.1, 0.15) is 11.1 Å². The Hall–Kier alpha value is -3.10. The molecule has 0 radical (unpaired) electrons. The molecule has 8 nitrogen and oxygen atoms in total. The van der Waals surface area contributed by atoms with Crippen LogP contribution >= 0.6 is 23.2 Å². The van der Waals surface area contributed by atoms with E-state index in [9.17, 15) is 19.7 Å². The Morgan fingerprint density at radius 2 is 1.55 bits per heavy atom. The van der Waals surface area contributed by atoms with Gasteiger partial charge in [0.1, 0.15) is 12.2 Å². The monoisotopic (exact) mass is 439 g/mol. The fraction of sp³-hybridized carbons (Fsp3) is 0.158. The van der Waals surface area contributed by atoms with Gasteiger partial charge in [-0.25, -0.2) is 9.59 Å². The largest absolute Gasteiger partial charge is 0.486 e. The van der Waals surface area contributed by atoms with E-state index in [2.05, 4.69) is 9.47 Å². The Balaban J connectivity index is 2.24. The molecule has 0 saturated heterocycles. The van der Waals surface area contributed by atoms with E-state index in [0.717, 1.165) is 14.2 Å². The summed E-state index contributed by atoms with van der Waals surface area (Å²) in [5, 5.41) is 11.0. The van der Waals surface area contributed by atoms with Crippen LogP contribution in [0.4, 0.5) is 5.69 Å². The lowest BCUT2D eigenvalue weighted by molar-refractivity contribution is -0.384. The second-order valence-electron chi connectivity index (χ2n) is 5.57. The summed E-state index contributed by atoms with van der Waals surface area (Å²) in [5.74, 6) is -1.56. The van der Waals surface area contributed by atoms with Gasteiger partial charge in [-0.15, -0.1) is 0 Å². The molecule has 0 aliphatic heterocycles. The second-order valence-corrected chi connectivity index (χ2v) is 6.38. The van der Waals surface area contributed by atoms with Gasteiger partial charge in [0.2, 0.25) is 0 Å². The predicted octanol–water partition coefficient (Wildman–Crippen LogP) is 4.21. The molecule has 2 rings (SSSR count). The number of esters is 2. The zero-order chi connectivity index (χ0) is 21.6. The van der Waals surface area contributed by atoms with Crippen molar-refractivity contribution in [3.63, 3.8) is 0 Å². The van der Waals surface area contributed by atoms with Gasteiger partial charge in [0.15, 0.2) is 5.75 Å². The maximum Gasteiger partial charge on any atom is 0.345 e. The minimum Gasteiger partial charge on any atom is -0.486 e. The Kier molecular flexibility index (Phi) is 7.58. The zero-order valence-electron chi connectivity index (χ0n) is 15.3. The van der Waals surface area contributed by atoms with Crippen molar-refractivity contribution in [2.75, 3.05) is 14.2 Å². The number of carbonyl (C=O) groups is 2. The Morgan fingerprint density at radius 3 is 2.00 bits per heavy atom. The van der Waals surface area contributed by atoms with Gasteiger partial charge in [0, 0.05) is 12.1 Å². The highest BCUT2D eigenvalue weighted by molar-refractivity contribution is 6.37. The lowest BCUT2D eigenvalue weighted by atomic mass is 10.1. The number of nitrogens with zero attached hydrogens (tertiary/aromatic N) is 1. The van der Waals surface area contributed by atoms with Gasteiger partial charge in [0.05, 0.1) is 29.2 Å². The molecule has 0 aliphatic rings. The number of nitro groups is 1. The Bertz CT molecular complexity index is 930. The predicted molar refractivity (Wildman–Crippen MR) is 106 cm³/mol. The number of hydrogen-bond acceptors (Lipinski definition) is 7. The SMILES string of the molecule is COC(=O)C(=Cc1cc(Cl)c(OCc2ccc([N+](=O)[O-])cc2)c(Cl)c1)C(=O)OC. The van der Waals surface area contributed by atoms with Gasteiger partial charge in [-0.3, -0.25) is 10.1 Å². The van der Waals surface area contributed by atoms with E-state index in [-0.39, 0.29) is 33.7 Å². The summed E-state index contributed by atoms with van der Waals surface area (Å²) in [6.07, 6.45) is 1.23. The molecular weight excluding hydrogens is 425 g/mol. The third-order valence-corrected chi connectivity index (χ3v) is 4.23. The van der Waals surface area contributed by atoms with Crippen molar-refractivity contribution < 1.29 is 28.7 Å². The first-order valence-corrected chi connectivity index (χ1v) is 8.76. The first-order chi connectivity index (χ1) is 13.8. The highest BCUT2D eigenvalue weighted by atomic mass is 35.5. The first kappa shape index (κ1) is 22.2. The van der Waals surface area contributed by atoms with Gasteiger partial charge in [0.25, 0.3) is 5.69 Å². The normalized spacial score (nSPS) is 10.1. The lowest BCUT2D eigenvalue weighted by Crippen LogP contribution is -2.15. The summed E-state index contributed by atoms with van der Waals surface area (Å²) >= 11 is 12.4. The third kappa shape index (κ3) is 5.69. The van der Waals surface area contributed by atoms with Crippen LogP contribution in [0.15, 0.2) is 42.0 Å². The summed E-state index contributed by atoms with van der Waals surface area (Å²) in [4.78, 5) is 33.7. The first-order valence-electron chi connectivity index (χ1n) is 8.00. The summed E-state index contributed by atoms with van der Waals surface area (Å²) in [6.45, 7) is 0.0716. The third-order valence-electron chi connectivity index (χ3n) is 3.67. The molecule has 0 fully saturated rings. The van der Waals surface area contributed by atoms with Gasteiger partial charge in [-0.1, -0.05) is 23.2 Å². The maximum atomic E-state index is 11.8. The lowest BCUT2D eigenvalue weighted by Gasteiger charge is -2.11. The standard InChI is InChI=1S/C19H15Cl2NO7/c1-27-18(23)14(19(24)28-2)7-12-8-15(20)17(16(21)9-12)29-10-11-3-5-13(6-4-11)22(25)26/h3-9H,10H2,1-2H3. The summed E-state index contributed by atoms with van der Waals surface area (Å²) < 4.78 is 14.7. The fourth-order valence-corrected chi connectivity index (χ4v) is 2.87. The van der Waals surface area contributed by atoms with Crippen molar-refractivity contribution in [1.29, 1.82) is 0 Å². The molecule has 0 amide bonds. The van der Waals surface area contributed by atoms with Gasteiger partial charge >= 0.3 is 11.9 Å². The molecule has 29 heavy (non-hydrogen) atoms. The Morgan fingerprint density at radius 1 is 1.03 bits per heavy atom. The summed E-state index contributed by atoms with van der Waals surface area (Å²) in [5.41, 5.74) is 0.661. The summed E-state index contributed by atoms with van der Waals surface area (Å²) in [7, 11) is 2.27. The highest BCUT2D eigenvalue weighted by Gasteiger charge is 2.20. The minimum absolute atomic E-state index is 0.0343. The minimum atomic E-state index is -0.873. The van der Waals surface area contributed by atoms with Gasteiger partial charge in [-0.05, 0) is 41.5 Å². The van der Waals surface area contributed by atoms with Gasteiger partial charge < -0.3 is 14.2 Å². The smallest absolute Gasteiger partial charge is 0.345 e. The van der Waals surface area contributed by atoms with Crippen molar-refractivity contribution in [1.82, 2.24) is 0 Å². The molecule has 0 bridgehead atoms. The fourth-order valence-electron chi connectivity index (χ4n) is 2.26. The molecule has 2 aromatic rings. The molecule has 0 N–H and O–H groups in total. The van der Waals surface area contributed by atoms with Crippen molar-refractivity contribution in [2.45, 2.75) is 6.61 Å². The second kappa shape index (κ2) is 9.90. The number of halogens is 2. The van der Waals surface area contributed by atoms with Crippen LogP contribution in [0.2, 0.25) is 10.0 Å². The van der Waals surface area contributed by atoms with E-state index in [1.807, 2.05) is 0 Å². The van der Waals surface area contributed by atoms with Crippen molar-refractivity contribution in [2.24, 2.45) is 0 Å². The Labute approximate surface area is 175 Å². The molecule has 0 spiro atoms. The number of rotatable bonds is 7. The molecule has 2 aromatic carbocycles. The van der Waals surface area contributed by atoms with Crippen LogP contribution in [0, 0.1) is 10.1 Å².